The Kier molecular flexibility index (Phi) is 6.65. The van der Waals surface area contributed by atoms with E-state index in [-0.39, 0.29) is 5.91 Å². The number of likely N-dealkylation sites (tertiary alicyclic amines) is 1. The van der Waals surface area contributed by atoms with Gasteiger partial charge in [0.05, 0.1) is 0 Å². The molecule has 1 aliphatic carbocycles. The number of ether oxygens (including phenoxy) is 1. The molecule has 3 heterocycles. The third-order valence-electron chi connectivity index (χ3n) is 7.54. The Morgan fingerprint density at radius 2 is 1.91 bits per heavy atom. The van der Waals surface area contributed by atoms with Crippen LogP contribution in [-0.4, -0.2) is 48.6 Å². The number of piperidine rings is 1. The Hall–Kier alpha value is -2.50. The van der Waals surface area contributed by atoms with Crippen LogP contribution in [0.1, 0.15) is 36.4 Å². The summed E-state index contributed by atoms with van der Waals surface area (Å²) in [7, 11) is 0. The van der Waals surface area contributed by atoms with Crippen molar-refractivity contribution in [2.24, 2.45) is 23.7 Å². The molecule has 5 rings (SSSR count). The van der Waals surface area contributed by atoms with Gasteiger partial charge in [0, 0.05) is 57.4 Å². The minimum absolute atomic E-state index is 0.0232. The van der Waals surface area contributed by atoms with Gasteiger partial charge in [-0.2, -0.15) is 0 Å². The number of fused-ring (bicyclic) bond motifs is 1. The second-order valence-electron chi connectivity index (χ2n) is 9.45. The highest BCUT2D eigenvalue weighted by Crippen LogP contribution is 2.56. The Morgan fingerprint density at radius 3 is 2.62 bits per heavy atom. The lowest BCUT2D eigenvalue weighted by molar-refractivity contribution is -0.116. The summed E-state index contributed by atoms with van der Waals surface area (Å²) in [6.07, 6.45) is 10.3. The monoisotopic (exact) mass is 431 g/mol. The zero-order valence-electron chi connectivity index (χ0n) is 18.6. The minimum atomic E-state index is -0.0232. The molecule has 4 atom stereocenters. The van der Waals surface area contributed by atoms with Crippen molar-refractivity contribution in [2.75, 3.05) is 32.8 Å². The molecule has 0 radical (unpaired) electrons. The van der Waals surface area contributed by atoms with E-state index in [0.717, 1.165) is 62.3 Å². The van der Waals surface area contributed by atoms with Crippen LogP contribution in [0.2, 0.25) is 0 Å². The highest BCUT2D eigenvalue weighted by Gasteiger charge is 2.56. The normalized spacial score (nSPS) is 26.7. The lowest BCUT2D eigenvalue weighted by Crippen LogP contribution is -2.37. The summed E-state index contributed by atoms with van der Waals surface area (Å²) in [5, 5.41) is 3.05. The fraction of sp³-hybridized carbons (Fsp3) is 0.481. The number of amides is 1. The van der Waals surface area contributed by atoms with Crippen LogP contribution in [0.5, 0.6) is 0 Å². The van der Waals surface area contributed by atoms with Crippen LogP contribution in [0.25, 0.3) is 6.08 Å². The maximum Gasteiger partial charge on any atom is 0.244 e. The van der Waals surface area contributed by atoms with E-state index >= 15 is 0 Å². The van der Waals surface area contributed by atoms with Gasteiger partial charge in [-0.1, -0.05) is 36.4 Å². The van der Waals surface area contributed by atoms with Gasteiger partial charge in [-0.3, -0.25) is 14.7 Å². The van der Waals surface area contributed by atoms with Crippen LogP contribution < -0.4 is 5.32 Å². The van der Waals surface area contributed by atoms with E-state index in [9.17, 15) is 4.79 Å². The molecule has 1 aromatic heterocycles. The third kappa shape index (κ3) is 4.94. The first-order valence-electron chi connectivity index (χ1n) is 12.0. The highest BCUT2D eigenvalue weighted by molar-refractivity contribution is 5.91. The van der Waals surface area contributed by atoms with Gasteiger partial charge >= 0.3 is 0 Å². The van der Waals surface area contributed by atoms with E-state index < -0.39 is 0 Å². The molecule has 1 aromatic carbocycles. The summed E-state index contributed by atoms with van der Waals surface area (Å²) in [6.45, 7) is 4.94. The number of benzene rings is 1. The summed E-state index contributed by atoms with van der Waals surface area (Å²) in [6, 6.07) is 15.4. The number of rotatable bonds is 8. The van der Waals surface area contributed by atoms with Crippen molar-refractivity contribution >= 4 is 12.0 Å². The van der Waals surface area contributed by atoms with Gasteiger partial charge in [-0.25, -0.2) is 0 Å². The fourth-order valence-corrected chi connectivity index (χ4v) is 5.87. The largest absolute Gasteiger partial charge is 0.381 e. The Balaban J connectivity index is 1.10. The Labute approximate surface area is 190 Å². The smallest absolute Gasteiger partial charge is 0.244 e. The number of carbonyl (C=O) groups is 1. The topological polar surface area (TPSA) is 54.5 Å². The average Bonchev–Trinajstić information content (AvgIpc) is 3.29. The molecule has 168 valence electrons. The molecule has 3 aliphatic rings. The first-order chi connectivity index (χ1) is 15.8. The van der Waals surface area contributed by atoms with Crippen molar-refractivity contribution in [2.45, 2.75) is 25.3 Å². The predicted octanol–water partition coefficient (Wildman–Crippen LogP) is 3.95. The highest BCUT2D eigenvalue weighted by atomic mass is 16.5. The van der Waals surface area contributed by atoms with Gasteiger partial charge in [0.25, 0.3) is 0 Å². The predicted molar refractivity (Wildman–Crippen MR) is 126 cm³/mol. The molecular formula is C27H33N3O2. The van der Waals surface area contributed by atoms with Gasteiger partial charge in [0.15, 0.2) is 0 Å². The maximum atomic E-state index is 12.1. The average molecular weight is 432 g/mol. The molecule has 1 saturated carbocycles. The minimum Gasteiger partial charge on any atom is -0.381 e. The van der Waals surface area contributed by atoms with Crippen molar-refractivity contribution in [3.8, 4) is 0 Å². The lowest BCUT2D eigenvalue weighted by Gasteiger charge is -2.38. The SMILES string of the molecule is O=C(/C=C/c1cccnc1)NCCC1[C@H]2CN(C(c3ccccc3)C3CCOCC3)C[C@@H]12. The zero-order chi connectivity index (χ0) is 21.8. The van der Waals surface area contributed by atoms with E-state index in [1.807, 2.05) is 18.2 Å². The van der Waals surface area contributed by atoms with E-state index in [1.54, 1.807) is 18.5 Å². The first-order valence-corrected chi connectivity index (χ1v) is 12.0. The molecular weight excluding hydrogens is 398 g/mol. The standard InChI is InChI=1S/C27H33N3O2/c31-26(9-8-20-5-4-13-28-17-20)29-14-10-23-24-18-30(19-25(23)24)27(21-6-2-1-3-7-21)22-11-15-32-16-12-22/h1-9,13,17,22-25,27H,10-12,14-16,18-19H2,(H,29,31)/b9-8+/t23?,24-,25+,27?. The summed E-state index contributed by atoms with van der Waals surface area (Å²) in [5.74, 6) is 3.02. The molecule has 2 aromatic rings. The molecule has 0 spiro atoms. The van der Waals surface area contributed by atoms with Crippen molar-refractivity contribution in [1.29, 1.82) is 0 Å². The van der Waals surface area contributed by atoms with Crippen molar-refractivity contribution < 1.29 is 9.53 Å². The number of hydrogen-bond donors (Lipinski definition) is 1. The second kappa shape index (κ2) is 9.97. The van der Waals surface area contributed by atoms with Crippen LogP contribution >= 0.6 is 0 Å². The van der Waals surface area contributed by atoms with Crippen LogP contribution in [0, 0.1) is 23.7 Å². The summed E-state index contributed by atoms with van der Waals surface area (Å²) in [4.78, 5) is 18.9. The zero-order valence-corrected chi connectivity index (χ0v) is 18.6. The molecule has 3 fully saturated rings. The van der Waals surface area contributed by atoms with Crippen LogP contribution in [0.15, 0.2) is 60.9 Å². The second-order valence-corrected chi connectivity index (χ2v) is 9.45. The number of hydrogen-bond acceptors (Lipinski definition) is 4. The van der Waals surface area contributed by atoms with E-state index in [1.165, 1.54) is 18.7 Å². The lowest BCUT2D eigenvalue weighted by atomic mass is 9.86. The number of aromatic nitrogens is 1. The Morgan fingerprint density at radius 1 is 1.12 bits per heavy atom. The molecule has 0 bridgehead atoms. The van der Waals surface area contributed by atoms with E-state index in [2.05, 4.69) is 45.5 Å². The van der Waals surface area contributed by atoms with Crippen molar-refractivity contribution in [3.63, 3.8) is 0 Å². The van der Waals surface area contributed by atoms with Crippen LogP contribution in [0.3, 0.4) is 0 Å². The van der Waals surface area contributed by atoms with Crippen molar-refractivity contribution in [3.05, 3.63) is 72.1 Å². The maximum absolute atomic E-state index is 12.1. The van der Waals surface area contributed by atoms with Gasteiger partial charge in [-0.15, -0.1) is 0 Å². The third-order valence-corrected chi connectivity index (χ3v) is 7.54. The molecule has 32 heavy (non-hydrogen) atoms. The van der Waals surface area contributed by atoms with Gasteiger partial charge < -0.3 is 10.1 Å². The fourth-order valence-electron chi connectivity index (χ4n) is 5.87. The molecule has 5 nitrogen and oxygen atoms in total. The molecule has 1 N–H and O–H groups in total. The number of pyridine rings is 1. The van der Waals surface area contributed by atoms with Crippen LogP contribution in [-0.2, 0) is 9.53 Å². The van der Waals surface area contributed by atoms with E-state index in [4.69, 9.17) is 4.74 Å². The molecule has 1 amide bonds. The van der Waals surface area contributed by atoms with Gasteiger partial charge in [0.2, 0.25) is 5.91 Å². The Bertz CT molecular complexity index is 899. The molecule has 2 aliphatic heterocycles. The summed E-state index contributed by atoms with van der Waals surface area (Å²) >= 11 is 0. The van der Waals surface area contributed by atoms with Gasteiger partial charge in [0.1, 0.15) is 0 Å². The van der Waals surface area contributed by atoms with E-state index in [0.29, 0.717) is 12.0 Å². The van der Waals surface area contributed by atoms with Crippen LogP contribution in [0.4, 0.5) is 0 Å². The first kappa shape index (κ1) is 21.4. The molecule has 2 saturated heterocycles. The molecule has 2 unspecified atom stereocenters. The van der Waals surface area contributed by atoms with Crippen molar-refractivity contribution in [1.82, 2.24) is 15.2 Å². The summed E-state index contributed by atoms with van der Waals surface area (Å²) < 4.78 is 5.64. The summed E-state index contributed by atoms with van der Waals surface area (Å²) in [5.41, 5.74) is 2.40. The van der Waals surface area contributed by atoms with Gasteiger partial charge in [-0.05, 0) is 66.2 Å². The quantitative estimate of drug-likeness (QED) is 0.643. The number of nitrogens with zero attached hydrogens (tertiary/aromatic N) is 2. The number of carbonyl (C=O) groups excluding carboxylic acids is 1. The molecule has 5 heteroatoms. The number of nitrogens with one attached hydrogen (secondary N) is 1.